The molecule has 0 spiro atoms. The summed E-state index contributed by atoms with van der Waals surface area (Å²) in [5, 5.41) is 14.9. The van der Waals surface area contributed by atoms with Crippen LogP contribution in [0.15, 0.2) is 23.3 Å². The fourth-order valence-electron chi connectivity index (χ4n) is 2.43. The number of hydrogen-bond donors (Lipinski definition) is 1. The lowest BCUT2D eigenvalue weighted by atomic mass is 10.2. The van der Waals surface area contributed by atoms with Crippen LogP contribution in [0.1, 0.15) is 0 Å². The van der Waals surface area contributed by atoms with Crippen molar-refractivity contribution < 1.29 is 19.0 Å². The van der Waals surface area contributed by atoms with Gasteiger partial charge in [-0.25, -0.2) is 9.18 Å². The lowest BCUT2D eigenvalue weighted by Crippen LogP contribution is -2.36. The molecule has 22 heavy (non-hydrogen) atoms. The average Bonchev–Trinajstić information content (AvgIpc) is 2.89. The van der Waals surface area contributed by atoms with Crippen LogP contribution in [0.3, 0.4) is 0 Å². The smallest absolute Gasteiger partial charge is 0.414 e. The van der Waals surface area contributed by atoms with Gasteiger partial charge < -0.3 is 14.7 Å². The molecule has 0 aromatic heterocycles. The number of aliphatic hydroxyl groups is 1. The van der Waals surface area contributed by atoms with E-state index in [1.807, 2.05) is 7.05 Å². The predicted molar refractivity (Wildman–Crippen MR) is 79.6 cm³/mol. The van der Waals surface area contributed by atoms with Crippen LogP contribution >= 0.6 is 0 Å². The van der Waals surface area contributed by atoms with Gasteiger partial charge >= 0.3 is 6.09 Å². The second-order valence-electron chi connectivity index (χ2n) is 5.24. The summed E-state index contributed by atoms with van der Waals surface area (Å²) in [6.07, 6.45) is 0.431. The third-order valence-corrected chi connectivity index (χ3v) is 3.68. The Balaban J connectivity index is 1.81. The Morgan fingerprint density at radius 3 is 2.86 bits per heavy atom. The van der Waals surface area contributed by atoms with Crippen molar-refractivity contribution >= 4 is 23.8 Å². The van der Waals surface area contributed by atoms with Crippen molar-refractivity contribution in [1.82, 2.24) is 5.01 Å². The molecule has 0 bridgehead atoms. The third kappa shape index (κ3) is 2.69. The number of carbonyl (C=O) groups excluding carboxylic acids is 1. The topological polar surface area (TPSA) is 68.6 Å². The summed E-state index contributed by atoms with van der Waals surface area (Å²) in [7, 11) is 1.85. The highest BCUT2D eigenvalue weighted by Gasteiger charge is 2.32. The minimum absolute atomic E-state index is 0.212. The van der Waals surface area contributed by atoms with E-state index in [1.165, 1.54) is 11.0 Å². The molecule has 1 saturated heterocycles. The molecule has 118 valence electrons. The van der Waals surface area contributed by atoms with Gasteiger partial charge in [0.1, 0.15) is 18.3 Å². The van der Waals surface area contributed by atoms with Crippen LogP contribution in [0.4, 0.5) is 20.6 Å². The molecule has 0 saturated carbocycles. The number of aliphatic hydroxyl groups excluding tert-OH is 1. The number of cyclic esters (lactones) is 1. The Morgan fingerprint density at radius 2 is 2.27 bits per heavy atom. The second-order valence-corrected chi connectivity index (χ2v) is 5.24. The number of hydrazone groups is 1. The van der Waals surface area contributed by atoms with E-state index >= 15 is 0 Å². The summed E-state index contributed by atoms with van der Waals surface area (Å²) < 4.78 is 19.3. The Labute approximate surface area is 127 Å². The van der Waals surface area contributed by atoms with Gasteiger partial charge in [-0.2, -0.15) is 5.10 Å². The molecule has 1 N–H and O–H groups in total. The van der Waals surface area contributed by atoms with Gasteiger partial charge in [-0.05, 0) is 18.2 Å². The fraction of sp³-hybridized carbons (Fsp3) is 0.429. The van der Waals surface area contributed by atoms with E-state index in [9.17, 15) is 9.18 Å². The van der Waals surface area contributed by atoms with Crippen LogP contribution in [0, 0.1) is 5.82 Å². The number of halogens is 1. The maximum Gasteiger partial charge on any atom is 0.414 e. The molecule has 2 aliphatic rings. The first-order valence-corrected chi connectivity index (χ1v) is 6.99. The first kappa shape index (κ1) is 14.6. The molecule has 8 heteroatoms. The number of likely N-dealkylation sites (N-methyl/N-ethyl adjacent to an activating group) is 1. The number of amides is 1. The molecular weight excluding hydrogens is 291 g/mol. The molecule has 1 atom stereocenters. The van der Waals surface area contributed by atoms with E-state index in [2.05, 4.69) is 5.10 Å². The average molecular weight is 308 g/mol. The maximum atomic E-state index is 14.3. The second kappa shape index (κ2) is 5.80. The molecule has 1 amide bonds. The largest absolute Gasteiger partial charge is 0.441 e. The van der Waals surface area contributed by atoms with E-state index in [4.69, 9.17) is 9.84 Å². The molecule has 1 unspecified atom stereocenters. The van der Waals surface area contributed by atoms with Crippen molar-refractivity contribution in [3.05, 3.63) is 24.0 Å². The van der Waals surface area contributed by atoms with Gasteiger partial charge in [-0.1, -0.05) is 0 Å². The van der Waals surface area contributed by atoms with Crippen LogP contribution in [0.5, 0.6) is 0 Å². The minimum atomic E-state index is -0.577. The summed E-state index contributed by atoms with van der Waals surface area (Å²) in [5.74, 6) is -0.436. The molecule has 0 aliphatic carbocycles. The van der Waals surface area contributed by atoms with Gasteiger partial charge in [0.25, 0.3) is 0 Å². The SMILES string of the molecule is CN1CCN(c2ccc(N3CC(CO)OC3=O)cc2F)C=N1. The van der Waals surface area contributed by atoms with Gasteiger partial charge in [-0.3, -0.25) is 9.91 Å². The van der Waals surface area contributed by atoms with Crippen molar-refractivity contribution in [2.75, 3.05) is 43.1 Å². The predicted octanol–water partition coefficient (Wildman–Crippen LogP) is 0.838. The molecular formula is C14H17FN4O3. The third-order valence-electron chi connectivity index (χ3n) is 3.68. The standard InChI is InChI=1S/C14H17FN4O3/c1-17-4-5-18(9-16-17)13-3-2-10(6-12(13)15)19-7-11(8-20)22-14(19)21/h2-3,6,9,11,20H,4-5,7-8H2,1H3. The van der Waals surface area contributed by atoms with Crippen molar-refractivity contribution in [3.63, 3.8) is 0 Å². The zero-order chi connectivity index (χ0) is 15.7. The zero-order valence-electron chi connectivity index (χ0n) is 12.1. The molecule has 2 aliphatic heterocycles. The van der Waals surface area contributed by atoms with Crippen molar-refractivity contribution in [1.29, 1.82) is 0 Å². The summed E-state index contributed by atoms with van der Waals surface area (Å²) in [5.41, 5.74) is 0.820. The molecule has 1 aromatic rings. The highest BCUT2D eigenvalue weighted by Crippen LogP contribution is 2.27. The van der Waals surface area contributed by atoms with Crippen LogP contribution in [0.2, 0.25) is 0 Å². The lowest BCUT2D eigenvalue weighted by molar-refractivity contribution is 0.0963. The highest BCUT2D eigenvalue weighted by molar-refractivity contribution is 5.90. The summed E-state index contributed by atoms with van der Waals surface area (Å²) in [6, 6.07) is 4.57. The van der Waals surface area contributed by atoms with Gasteiger partial charge in [0.15, 0.2) is 0 Å². The van der Waals surface area contributed by atoms with E-state index in [-0.39, 0.29) is 13.2 Å². The fourth-order valence-corrected chi connectivity index (χ4v) is 2.43. The van der Waals surface area contributed by atoms with Crippen molar-refractivity contribution in [2.45, 2.75) is 6.10 Å². The maximum absolute atomic E-state index is 14.3. The first-order chi connectivity index (χ1) is 10.6. The number of anilines is 2. The zero-order valence-corrected chi connectivity index (χ0v) is 12.1. The molecule has 0 radical (unpaired) electrons. The Morgan fingerprint density at radius 1 is 1.45 bits per heavy atom. The lowest BCUT2D eigenvalue weighted by Gasteiger charge is -2.28. The number of benzene rings is 1. The number of ether oxygens (including phenoxy) is 1. The normalized spacial score (nSPS) is 21.5. The summed E-state index contributed by atoms with van der Waals surface area (Å²) >= 11 is 0. The van der Waals surface area contributed by atoms with E-state index < -0.39 is 18.0 Å². The van der Waals surface area contributed by atoms with Gasteiger partial charge in [-0.15, -0.1) is 0 Å². The van der Waals surface area contributed by atoms with Crippen LogP contribution in [-0.4, -0.2) is 61.9 Å². The minimum Gasteiger partial charge on any atom is -0.441 e. The molecule has 7 nitrogen and oxygen atoms in total. The summed E-state index contributed by atoms with van der Waals surface area (Å²) in [4.78, 5) is 14.7. The van der Waals surface area contributed by atoms with Crippen LogP contribution < -0.4 is 9.80 Å². The van der Waals surface area contributed by atoms with E-state index in [0.29, 0.717) is 24.5 Å². The number of nitrogens with zero attached hydrogens (tertiary/aromatic N) is 4. The van der Waals surface area contributed by atoms with Gasteiger partial charge in [0.05, 0.1) is 31.1 Å². The van der Waals surface area contributed by atoms with Crippen molar-refractivity contribution in [2.24, 2.45) is 5.10 Å². The molecule has 2 heterocycles. The quantitative estimate of drug-likeness (QED) is 0.896. The molecule has 1 aromatic carbocycles. The van der Waals surface area contributed by atoms with E-state index in [0.717, 1.165) is 0 Å². The Bertz CT molecular complexity index is 610. The Kier molecular flexibility index (Phi) is 3.84. The van der Waals surface area contributed by atoms with E-state index in [1.54, 1.807) is 28.4 Å². The van der Waals surface area contributed by atoms with Crippen molar-refractivity contribution in [3.8, 4) is 0 Å². The van der Waals surface area contributed by atoms with Gasteiger partial charge in [0, 0.05) is 13.6 Å². The molecule has 1 fully saturated rings. The van der Waals surface area contributed by atoms with Crippen LogP contribution in [0.25, 0.3) is 0 Å². The van der Waals surface area contributed by atoms with Crippen LogP contribution in [-0.2, 0) is 4.74 Å². The molecule has 3 rings (SSSR count). The Hall–Kier alpha value is -2.35. The van der Waals surface area contributed by atoms with Gasteiger partial charge in [0.2, 0.25) is 0 Å². The monoisotopic (exact) mass is 308 g/mol. The number of carbonyl (C=O) groups is 1. The number of hydrogen-bond acceptors (Lipinski definition) is 6. The highest BCUT2D eigenvalue weighted by atomic mass is 19.1. The summed E-state index contributed by atoms with van der Waals surface area (Å²) in [6.45, 7) is 1.30. The first-order valence-electron chi connectivity index (χ1n) is 6.99. The number of rotatable bonds is 3.